The lowest BCUT2D eigenvalue weighted by Gasteiger charge is -1.72. The van der Waals surface area contributed by atoms with E-state index in [0.717, 1.165) is 6.08 Å². The van der Waals surface area contributed by atoms with E-state index in [9.17, 15) is 4.79 Å². The van der Waals surface area contributed by atoms with Gasteiger partial charge in [-0.3, -0.25) is 0 Å². The zero-order chi connectivity index (χ0) is 9.11. The number of carboxylic acid groups (broad SMARTS) is 1. The van der Waals surface area contributed by atoms with Gasteiger partial charge in [0.1, 0.15) is 0 Å². The number of allylic oxidation sites excluding steroid dienone is 2. The van der Waals surface area contributed by atoms with Crippen molar-refractivity contribution in [1.82, 2.24) is 0 Å². The molecule has 0 saturated heterocycles. The van der Waals surface area contributed by atoms with Gasteiger partial charge in [-0.15, -0.1) is 0 Å². The van der Waals surface area contributed by atoms with E-state index >= 15 is 0 Å². The summed E-state index contributed by atoms with van der Waals surface area (Å²) in [4.78, 5) is 9.25. The van der Waals surface area contributed by atoms with E-state index in [4.69, 9.17) is 5.11 Å². The van der Waals surface area contributed by atoms with E-state index in [-0.39, 0.29) is 0 Å². The van der Waals surface area contributed by atoms with Crippen LogP contribution >= 0.6 is 0 Å². The fourth-order valence-electron chi connectivity index (χ4n) is 0.333. The van der Waals surface area contributed by atoms with Crippen LogP contribution < -0.4 is 0 Å². The van der Waals surface area contributed by atoms with Crippen LogP contribution in [0, 0.1) is 0 Å². The van der Waals surface area contributed by atoms with Crippen LogP contribution in [0.1, 0.15) is 26.7 Å². The lowest BCUT2D eigenvalue weighted by molar-refractivity contribution is -0.131. The van der Waals surface area contributed by atoms with Crippen LogP contribution in [0.25, 0.3) is 0 Å². The molecule has 1 N–H and O–H groups in total. The molecule has 0 radical (unpaired) electrons. The largest absolute Gasteiger partial charge is 0.478 e. The monoisotopic (exact) mass is 156 g/mol. The van der Waals surface area contributed by atoms with Gasteiger partial charge in [0, 0.05) is 6.08 Å². The molecule has 0 heterocycles. The first kappa shape index (κ1) is 12.6. The zero-order valence-electron chi connectivity index (χ0n) is 7.21. The molecule has 0 unspecified atom stereocenters. The number of hydrogen-bond donors (Lipinski definition) is 1. The molecule has 2 heteroatoms. The first-order valence-corrected chi connectivity index (χ1v) is 3.69. The van der Waals surface area contributed by atoms with E-state index in [2.05, 4.69) is 32.6 Å². The molecule has 0 aliphatic carbocycles. The third kappa shape index (κ3) is 27.7. The van der Waals surface area contributed by atoms with Crippen molar-refractivity contribution in [2.24, 2.45) is 0 Å². The van der Waals surface area contributed by atoms with Crippen molar-refractivity contribution in [2.45, 2.75) is 26.7 Å². The first-order valence-electron chi connectivity index (χ1n) is 3.69. The van der Waals surface area contributed by atoms with Crippen molar-refractivity contribution in [3.8, 4) is 0 Å². The Labute approximate surface area is 68.2 Å². The summed E-state index contributed by atoms with van der Waals surface area (Å²) in [5.41, 5.74) is 0. The van der Waals surface area contributed by atoms with Crippen LogP contribution in [0.5, 0.6) is 0 Å². The number of rotatable bonds is 3. The highest BCUT2D eigenvalue weighted by molar-refractivity contribution is 5.78. The molecule has 0 aromatic heterocycles. The molecule has 0 amide bonds. The number of carbonyl (C=O) groups is 1. The molecule has 0 fully saturated rings. The summed E-state index contributed by atoms with van der Waals surface area (Å²) in [7, 11) is 0. The van der Waals surface area contributed by atoms with E-state index in [1.165, 1.54) is 12.8 Å². The zero-order valence-corrected chi connectivity index (χ0v) is 7.21. The maximum atomic E-state index is 9.25. The number of carboxylic acids is 1. The Balaban J connectivity index is 0. The van der Waals surface area contributed by atoms with Crippen molar-refractivity contribution in [1.29, 1.82) is 0 Å². The average molecular weight is 156 g/mol. The average Bonchev–Trinajstić information content (AvgIpc) is 2.02. The van der Waals surface area contributed by atoms with Crippen LogP contribution in [0.15, 0.2) is 24.8 Å². The molecule has 2 nitrogen and oxygen atoms in total. The summed E-state index contributed by atoms with van der Waals surface area (Å²) < 4.78 is 0. The maximum absolute atomic E-state index is 9.25. The highest BCUT2D eigenvalue weighted by Crippen LogP contribution is 1.81. The predicted molar refractivity (Wildman–Crippen MR) is 47.6 cm³/mol. The summed E-state index contributed by atoms with van der Waals surface area (Å²) >= 11 is 0. The van der Waals surface area contributed by atoms with Gasteiger partial charge in [0.05, 0.1) is 0 Å². The molecule has 0 aliphatic rings. The quantitative estimate of drug-likeness (QED) is 0.503. The molecule has 64 valence electrons. The highest BCUT2D eigenvalue weighted by Gasteiger charge is 1.73. The van der Waals surface area contributed by atoms with Crippen molar-refractivity contribution in [3.63, 3.8) is 0 Å². The predicted octanol–water partition coefficient (Wildman–Crippen LogP) is 2.62. The molecule has 0 bridgehead atoms. The Morgan fingerprint density at radius 2 is 1.64 bits per heavy atom. The Bertz CT molecular complexity index is 120. The second kappa shape index (κ2) is 11.7. The molecular weight excluding hydrogens is 140 g/mol. The van der Waals surface area contributed by atoms with Crippen molar-refractivity contribution < 1.29 is 9.90 Å². The summed E-state index contributed by atoms with van der Waals surface area (Å²) in [6.07, 6.45) is 7.54. The highest BCUT2D eigenvalue weighted by atomic mass is 16.4. The molecule has 0 atom stereocenters. The SMILES string of the molecule is C=CC(=O)O.CCC=CCC. The van der Waals surface area contributed by atoms with Crippen LogP contribution in [-0.2, 0) is 4.79 Å². The molecule has 0 saturated carbocycles. The summed E-state index contributed by atoms with van der Waals surface area (Å²) in [5.74, 6) is -0.981. The Hall–Kier alpha value is -1.05. The van der Waals surface area contributed by atoms with Crippen molar-refractivity contribution in [3.05, 3.63) is 24.8 Å². The van der Waals surface area contributed by atoms with Gasteiger partial charge < -0.3 is 5.11 Å². The second-order valence-corrected chi connectivity index (χ2v) is 1.83. The normalized spacial score (nSPS) is 8.55. The first-order chi connectivity index (χ1) is 5.18. The second-order valence-electron chi connectivity index (χ2n) is 1.83. The van der Waals surface area contributed by atoms with Gasteiger partial charge in [-0.2, -0.15) is 0 Å². The fourth-order valence-corrected chi connectivity index (χ4v) is 0.333. The van der Waals surface area contributed by atoms with E-state index < -0.39 is 5.97 Å². The molecule has 11 heavy (non-hydrogen) atoms. The van der Waals surface area contributed by atoms with Crippen LogP contribution in [-0.4, -0.2) is 11.1 Å². The van der Waals surface area contributed by atoms with Gasteiger partial charge >= 0.3 is 5.97 Å². The molecule has 0 rings (SSSR count). The van der Waals surface area contributed by atoms with Crippen molar-refractivity contribution >= 4 is 5.97 Å². The Morgan fingerprint density at radius 1 is 1.36 bits per heavy atom. The van der Waals surface area contributed by atoms with E-state index in [0.29, 0.717) is 0 Å². The summed E-state index contributed by atoms with van der Waals surface area (Å²) in [6.45, 7) is 7.25. The molecule has 0 aromatic rings. The lowest BCUT2D eigenvalue weighted by atomic mass is 10.4. The molecule has 0 aromatic carbocycles. The Morgan fingerprint density at radius 3 is 1.73 bits per heavy atom. The van der Waals surface area contributed by atoms with Crippen LogP contribution in [0.4, 0.5) is 0 Å². The molecule has 0 spiro atoms. The smallest absolute Gasteiger partial charge is 0.327 e. The number of hydrogen-bond acceptors (Lipinski definition) is 1. The van der Waals surface area contributed by atoms with Gasteiger partial charge in [-0.05, 0) is 12.8 Å². The van der Waals surface area contributed by atoms with Gasteiger partial charge in [0.15, 0.2) is 0 Å². The Kier molecular flexibility index (Phi) is 13.4. The fraction of sp³-hybridized carbons (Fsp3) is 0.444. The third-order valence-corrected chi connectivity index (χ3v) is 0.813. The standard InChI is InChI=1S/C6H12.C3H4O2/c1-3-5-6-4-2;1-2-3(4)5/h5-6H,3-4H2,1-2H3;2H,1H2,(H,4,5). The van der Waals surface area contributed by atoms with Gasteiger partial charge in [0.2, 0.25) is 0 Å². The van der Waals surface area contributed by atoms with Crippen LogP contribution in [0.3, 0.4) is 0 Å². The third-order valence-electron chi connectivity index (χ3n) is 0.813. The molecule has 0 aliphatic heterocycles. The van der Waals surface area contributed by atoms with E-state index in [1.807, 2.05) is 0 Å². The number of aliphatic carboxylic acids is 1. The van der Waals surface area contributed by atoms with Gasteiger partial charge in [-0.25, -0.2) is 4.79 Å². The summed E-state index contributed by atoms with van der Waals surface area (Å²) in [5, 5.41) is 7.60. The van der Waals surface area contributed by atoms with Crippen molar-refractivity contribution in [2.75, 3.05) is 0 Å². The van der Waals surface area contributed by atoms with Gasteiger partial charge in [0.25, 0.3) is 0 Å². The minimum absolute atomic E-state index is 0.833. The maximum Gasteiger partial charge on any atom is 0.327 e. The topological polar surface area (TPSA) is 37.3 Å². The lowest BCUT2D eigenvalue weighted by Crippen LogP contribution is -1.82. The van der Waals surface area contributed by atoms with Gasteiger partial charge in [-0.1, -0.05) is 32.6 Å². The summed E-state index contributed by atoms with van der Waals surface area (Å²) in [6, 6.07) is 0. The minimum atomic E-state index is -0.981. The van der Waals surface area contributed by atoms with E-state index in [1.54, 1.807) is 0 Å². The minimum Gasteiger partial charge on any atom is -0.478 e. The van der Waals surface area contributed by atoms with Crippen LogP contribution in [0.2, 0.25) is 0 Å². The molecular formula is C9H16O2.